The summed E-state index contributed by atoms with van der Waals surface area (Å²) < 4.78 is 11.1. The second kappa shape index (κ2) is 9.50. The van der Waals surface area contributed by atoms with Gasteiger partial charge in [0.05, 0.1) is 26.0 Å². The molecule has 0 unspecified atom stereocenters. The lowest BCUT2D eigenvalue weighted by atomic mass is 10.2. The van der Waals surface area contributed by atoms with Gasteiger partial charge in [0.25, 0.3) is 0 Å². The largest absolute Gasteiger partial charge is 0.494 e. The zero-order valence-corrected chi connectivity index (χ0v) is 17.5. The summed E-state index contributed by atoms with van der Waals surface area (Å²) in [6.07, 6.45) is 1.88. The number of benzene rings is 2. The maximum Gasteiger partial charge on any atom is 0.144 e. The van der Waals surface area contributed by atoms with E-state index in [9.17, 15) is 0 Å². The van der Waals surface area contributed by atoms with Crippen molar-refractivity contribution >= 4 is 22.9 Å². The third-order valence-electron chi connectivity index (χ3n) is 5.25. The minimum Gasteiger partial charge on any atom is -0.494 e. The molecular weight excluding hydrogens is 376 g/mol. The molecule has 1 aliphatic heterocycles. The van der Waals surface area contributed by atoms with Crippen LogP contribution in [-0.2, 0) is 11.3 Å². The normalized spacial score (nSPS) is 13.7. The lowest BCUT2D eigenvalue weighted by Crippen LogP contribution is -2.36. The van der Waals surface area contributed by atoms with Gasteiger partial charge in [-0.3, -0.25) is 0 Å². The Balaban J connectivity index is 1.49. The van der Waals surface area contributed by atoms with E-state index in [1.165, 1.54) is 5.56 Å². The fraction of sp³-hybridized carbons (Fsp3) is 0.292. The Morgan fingerprint density at radius 2 is 1.83 bits per heavy atom. The molecule has 2 aromatic carbocycles. The molecule has 1 aromatic heterocycles. The van der Waals surface area contributed by atoms with Crippen molar-refractivity contribution in [1.29, 1.82) is 0 Å². The molecule has 1 fully saturated rings. The molecule has 0 aliphatic carbocycles. The van der Waals surface area contributed by atoms with Gasteiger partial charge < -0.3 is 25.0 Å². The van der Waals surface area contributed by atoms with E-state index < -0.39 is 0 Å². The van der Waals surface area contributed by atoms with Crippen LogP contribution in [0.15, 0.2) is 60.8 Å². The highest BCUT2D eigenvalue weighted by Gasteiger charge is 2.14. The summed E-state index contributed by atoms with van der Waals surface area (Å²) in [5.74, 6) is 1.56. The molecule has 0 saturated carbocycles. The smallest absolute Gasteiger partial charge is 0.144 e. The van der Waals surface area contributed by atoms with Gasteiger partial charge in [-0.1, -0.05) is 30.3 Å². The number of aromatic nitrogens is 1. The van der Waals surface area contributed by atoms with Crippen LogP contribution in [0.3, 0.4) is 0 Å². The van der Waals surface area contributed by atoms with Crippen LogP contribution in [0.4, 0.5) is 22.9 Å². The van der Waals surface area contributed by atoms with Crippen molar-refractivity contribution in [3.05, 3.63) is 71.9 Å². The number of hydrogen-bond acceptors (Lipinski definition) is 6. The van der Waals surface area contributed by atoms with Crippen molar-refractivity contribution in [2.75, 3.05) is 48.9 Å². The molecule has 30 heavy (non-hydrogen) atoms. The molecule has 0 amide bonds. The van der Waals surface area contributed by atoms with Crippen LogP contribution in [-0.4, -0.2) is 38.4 Å². The van der Waals surface area contributed by atoms with E-state index in [0.717, 1.165) is 67.0 Å². The fourth-order valence-corrected chi connectivity index (χ4v) is 3.52. The number of methoxy groups -OCH3 is 1. The highest BCUT2D eigenvalue weighted by Crippen LogP contribution is 2.32. The molecule has 2 N–H and O–H groups in total. The molecule has 6 heteroatoms. The molecule has 4 rings (SSSR count). The number of aryl methyl sites for hydroxylation is 1. The van der Waals surface area contributed by atoms with Gasteiger partial charge in [0.1, 0.15) is 11.6 Å². The molecule has 2 heterocycles. The minimum atomic E-state index is 0.758. The SMILES string of the molecule is COc1cc(N2CCOCC2)ccc1Nc1cc(NCc2ccccc2)c(C)cn1. The highest BCUT2D eigenvalue weighted by molar-refractivity contribution is 5.71. The number of anilines is 4. The average molecular weight is 405 g/mol. The van der Waals surface area contributed by atoms with Crippen LogP contribution in [0.5, 0.6) is 5.75 Å². The molecule has 0 radical (unpaired) electrons. The Bertz CT molecular complexity index is 972. The zero-order chi connectivity index (χ0) is 20.8. The van der Waals surface area contributed by atoms with Crippen molar-refractivity contribution in [1.82, 2.24) is 4.98 Å². The predicted molar refractivity (Wildman–Crippen MR) is 122 cm³/mol. The summed E-state index contributed by atoms with van der Waals surface area (Å²) in [7, 11) is 1.69. The van der Waals surface area contributed by atoms with E-state index in [0.29, 0.717) is 0 Å². The van der Waals surface area contributed by atoms with Crippen LogP contribution >= 0.6 is 0 Å². The van der Waals surface area contributed by atoms with Gasteiger partial charge in [0, 0.05) is 49.3 Å². The Kier molecular flexibility index (Phi) is 6.35. The van der Waals surface area contributed by atoms with E-state index in [1.807, 2.05) is 24.4 Å². The zero-order valence-electron chi connectivity index (χ0n) is 17.5. The van der Waals surface area contributed by atoms with Gasteiger partial charge in [-0.2, -0.15) is 0 Å². The van der Waals surface area contributed by atoms with Crippen molar-refractivity contribution in [2.24, 2.45) is 0 Å². The number of morpholine rings is 1. The standard InChI is InChI=1S/C24H28N4O2/c1-18-16-26-24(15-22(18)25-17-19-6-4-3-5-7-19)27-21-9-8-20(14-23(21)29-2)28-10-12-30-13-11-28/h3-9,14-16H,10-13,17H2,1-2H3,(H2,25,26,27). The van der Waals surface area contributed by atoms with E-state index in [-0.39, 0.29) is 0 Å². The first-order valence-corrected chi connectivity index (χ1v) is 10.2. The van der Waals surface area contributed by atoms with Crippen LogP contribution in [0.1, 0.15) is 11.1 Å². The Labute approximate surface area is 177 Å². The first kappa shape index (κ1) is 20.0. The average Bonchev–Trinajstić information content (AvgIpc) is 2.81. The van der Waals surface area contributed by atoms with Gasteiger partial charge >= 0.3 is 0 Å². The van der Waals surface area contributed by atoms with Crippen molar-refractivity contribution in [3.63, 3.8) is 0 Å². The molecule has 1 saturated heterocycles. The summed E-state index contributed by atoms with van der Waals surface area (Å²) in [5.41, 5.74) is 5.43. The lowest BCUT2D eigenvalue weighted by molar-refractivity contribution is 0.122. The van der Waals surface area contributed by atoms with Gasteiger partial charge in [-0.25, -0.2) is 4.98 Å². The summed E-state index contributed by atoms with van der Waals surface area (Å²) in [4.78, 5) is 6.85. The van der Waals surface area contributed by atoms with E-state index in [1.54, 1.807) is 7.11 Å². The van der Waals surface area contributed by atoms with Gasteiger partial charge in [0.15, 0.2) is 0 Å². The van der Waals surface area contributed by atoms with Crippen LogP contribution in [0, 0.1) is 6.92 Å². The van der Waals surface area contributed by atoms with Crippen LogP contribution < -0.4 is 20.3 Å². The van der Waals surface area contributed by atoms with Crippen molar-refractivity contribution in [3.8, 4) is 5.75 Å². The fourth-order valence-electron chi connectivity index (χ4n) is 3.52. The molecule has 6 nitrogen and oxygen atoms in total. The second-order valence-electron chi connectivity index (χ2n) is 7.33. The number of rotatable bonds is 7. The van der Waals surface area contributed by atoms with Crippen molar-refractivity contribution in [2.45, 2.75) is 13.5 Å². The monoisotopic (exact) mass is 404 g/mol. The number of hydrogen-bond donors (Lipinski definition) is 2. The molecule has 156 valence electrons. The molecule has 0 atom stereocenters. The second-order valence-corrected chi connectivity index (χ2v) is 7.33. The van der Waals surface area contributed by atoms with Crippen molar-refractivity contribution < 1.29 is 9.47 Å². The first-order valence-electron chi connectivity index (χ1n) is 10.2. The summed E-state index contributed by atoms with van der Waals surface area (Å²) in [6.45, 7) is 6.13. The first-order chi connectivity index (χ1) is 14.7. The summed E-state index contributed by atoms with van der Waals surface area (Å²) >= 11 is 0. The third-order valence-corrected chi connectivity index (χ3v) is 5.25. The minimum absolute atomic E-state index is 0.758. The Morgan fingerprint density at radius 3 is 2.60 bits per heavy atom. The van der Waals surface area contributed by atoms with E-state index in [2.05, 4.69) is 63.8 Å². The molecule has 0 bridgehead atoms. The molecule has 0 spiro atoms. The van der Waals surface area contributed by atoms with Crippen LogP contribution in [0.25, 0.3) is 0 Å². The number of nitrogens with zero attached hydrogens (tertiary/aromatic N) is 2. The molecule has 3 aromatic rings. The highest BCUT2D eigenvalue weighted by atomic mass is 16.5. The van der Waals surface area contributed by atoms with Gasteiger partial charge in [-0.15, -0.1) is 0 Å². The Hall–Kier alpha value is -3.25. The quantitative estimate of drug-likeness (QED) is 0.601. The maximum absolute atomic E-state index is 5.64. The molecule has 1 aliphatic rings. The van der Waals surface area contributed by atoms with Gasteiger partial charge in [0.2, 0.25) is 0 Å². The topological polar surface area (TPSA) is 58.7 Å². The summed E-state index contributed by atoms with van der Waals surface area (Å²) in [5, 5.41) is 6.91. The summed E-state index contributed by atoms with van der Waals surface area (Å²) in [6, 6.07) is 18.6. The van der Waals surface area contributed by atoms with E-state index in [4.69, 9.17) is 9.47 Å². The number of nitrogens with one attached hydrogen (secondary N) is 2. The van der Waals surface area contributed by atoms with Gasteiger partial charge in [-0.05, 0) is 30.2 Å². The maximum atomic E-state index is 5.64. The van der Waals surface area contributed by atoms with E-state index >= 15 is 0 Å². The van der Waals surface area contributed by atoms with Crippen LogP contribution in [0.2, 0.25) is 0 Å². The lowest BCUT2D eigenvalue weighted by Gasteiger charge is -2.29. The third kappa shape index (κ3) is 4.83. The predicted octanol–water partition coefficient (Wildman–Crippen LogP) is 4.59. The number of pyridine rings is 1. The number of ether oxygens (including phenoxy) is 2. The molecular formula is C24H28N4O2. The Morgan fingerprint density at radius 1 is 1.03 bits per heavy atom.